The van der Waals surface area contributed by atoms with Crippen molar-refractivity contribution in [3.05, 3.63) is 53.4 Å². The molecule has 0 aliphatic carbocycles. The molecule has 0 spiro atoms. The van der Waals surface area contributed by atoms with Crippen LogP contribution in [0, 0.1) is 5.92 Å². The van der Waals surface area contributed by atoms with E-state index in [1.165, 1.54) is 12.4 Å². The summed E-state index contributed by atoms with van der Waals surface area (Å²) in [6.07, 6.45) is 4.96. The molecule has 0 saturated carbocycles. The Morgan fingerprint density at radius 1 is 1.22 bits per heavy atom. The van der Waals surface area contributed by atoms with Crippen LogP contribution in [0.5, 0.6) is 0 Å². The van der Waals surface area contributed by atoms with E-state index in [2.05, 4.69) is 15.4 Å². The van der Waals surface area contributed by atoms with E-state index < -0.39 is 24.4 Å². The maximum absolute atomic E-state index is 13.3. The van der Waals surface area contributed by atoms with Crippen LogP contribution in [0.25, 0.3) is 5.57 Å². The highest BCUT2D eigenvalue weighted by Crippen LogP contribution is 2.26. The minimum atomic E-state index is -0.947. The summed E-state index contributed by atoms with van der Waals surface area (Å²) in [5.74, 6) is 5.07. The summed E-state index contributed by atoms with van der Waals surface area (Å²) in [5.41, 5.74) is 15.2. The molecule has 1 saturated heterocycles. The number of allylic oxidation sites excluding steroid dienone is 2. The van der Waals surface area contributed by atoms with Crippen molar-refractivity contribution in [3.63, 3.8) is 0 Å². The average molecular weight is 500 g/mol. The number of nitrogens with one attached hydrogen (secondary N) is 1. The average Bonchev–Trinajstić information content (AvgIpc) is 3.37. The SMILES string of the molecule is CC(C=N[C@@H](C(C)C)C(O)N1CCC[C@H]1C(=O)N[C@@H](CO)c1ccc(C(=C/N)/C(C)=C\N)cc1)=NN. The van der Waals surface area contributed by atoms with Crippen molar-refractivity contribution in [1.82, 2.24) is 10.2 Å². The zero-order valence-corrected chi connectivity index (χ0v) is 21.6. The van der Waals surface area contributed by atoms with Crippen LogP contribution in [0.4, 0.5) is 0 Å². The van der Waals surface area contributed by atoms with Gasteiger partial charge in [0, 0.05) is 24.5 Å². The highest BCUT2D eigenvalue weighted by Gasteiger charge is 2.39. The van der Waals surface area contributed by atoms with Crippen molar-refractivity contribution in [2.75, 3.05) is 13.2 Å². The van der Waals surface area contributed by atoms with Gasteiger partial charge in [0.25, 0.3) is 0 Å². The summed E-state index contributed by atoms with van der Waals surface area (Å²) in [6.45, 7) is 7.83. The highest BCUT2D eigenvalue weighted by atomic mass is 16.3. The number of aliphatic imine (C=N–C) groups is 1. The Balaban J connectivity index is 2.17. The largest absolute Gasteiger partial charge is 0.404 e. The fourth-order valence-electron chi connectivity index (χ4n) is 4.35. The number of carbonyl (C=O) groups excluding carboxylic acids is 1. The molecule has 2 rings (SSSR count). The van der Waals surface area contributed by atoms with E-state index in [0.29, 0.717) is 18.7 Å². The zero-order chi connectivity index (χ0) is 26.8. The Labute approximate surface area is 213 Å². The summed E-state index contributed by atoms with van der Waals surface area (Å²) in [4.78, 5) is 19.5. The number of hydrazone groups is 1. The first-order valence-electron chi connectivity index (χ1n) is 12.2. The summed E-state index contributed by atoms with van der Waals surface area (Å²) in [6, 6.07) is 5.86. The van der Waals surface area contributed by atoms with Crippen molar-refractivity contribution in [3.8, 4) is 0 Å². The van der Waals surface area contributed by atoms with Crippen LogP contribution in [0.1, 0.15) is 57.7 Å². The predicted octanol–water partition coefficient (Wildman–Crippen LogP) is 1.21. The lowest BCUT2D eigenvalue weighted by atomic mass is 9.97. The van der Waals surface area contributed by atoms with E-state index in [1.54, 1.807) is 18.0 Å². The Morgan fingerprint density at radius 3 is 2.42 bits per heavy atom. The van der Waals surface area contributed by atoms with E-state index in [0.717, 1.165) is 28.7 Å². The third kappa shape index (κ3) is 7.16. The third-order valence-electron chi connectivity index (χ3n) is 6.53. The first-order valence-corrected chi connectivity index (χ1v) is 12.2. The normalized spacial score (nSPS) is 20.6. The van der Waals surface area contributed by atoms with Crippen LogP contribution in [-0.2, 0) is 4.79 Å². The number of rotatable bonds is 11. The molecule has 0 bridgehead atoms. The summed E-state index contributed by atoms with van der Waals surface area (Å²) < 4.78 is 0. The van der Waals surface area contributed by atoms with Gasteiger partial charge in [-0.25, -0.2) is 0 Å². The van der Waals surface area contributed by atoms with Gasteiger partial charge >= 0.3 is 0 Å². The van der Waals surface area contributed by atoms with Crippen molar-refractivity contribution in [1.29, 1.82) is 0 Å². The minimum Gasteiger partial charge on any atom is -0.404 e. The molecule has 1 fully saturated rings. The first-order chi connectivity index (χ1) is 17.2. The number of amides is 1. The second kappa shape index (κ2) is 13.8. The van der Waals surface area contributed by atoms with E-state index in [1.807, 2.05) is 45.0 Å². The van der Waals surface area contributed by atoms with Crippen LogP contribution in [0.3, 0.4) is 0 Å². The smallest absolute Gasteiger partial charge is 0.238 e. The topological polar surface area (TPSA) is 176 Å². The lowest BCUT2D eigenvalue weighted by molar-refractivity contribution is -0.131. The van der Waals surface area contributed by atoms with Crippen LogP contribution in [0.15, 0.2) is 52.3 Å². The van der Waals surface area contributed by atoms with Crippen LogP contribution in [0.2, 0.25) is 0 Å². The number of hydrogen-bond donors (Lipinski definition) is 6. The van der Waals surface area contributed by atoms with E-state index in [9.17, 15) is 15.0 Å². The number of nitrogens with two attached hydrogens (primary N) is 3. The van der Waals surface area contributed by atoms with E-state index in [4.69, 9.17) is 17.3 Å². The molecule has 10 nitrogen and oxygen atoms in total. The molecule has 198 valence electrons. The number of hydrogen-bond acceptors (Lipinski definition) is 9. The zero-order valence-electron chi connectivity index (χ0n) is 21.6. The molecule has 1 aromatic carbocycles. The molecule has 4 atom stereocenters. The Morgan fingerprint density at radius 2 is 1.89 bits per heavy atom. The highest BCUT2D eigenvalue weighted by molar-refractivity contribution is 6.29. The molecule has 10 heteroatoms. The molecule has 1 aromatic rings. The first kappa shape index (κ1) is 29.0. The monoisotopic (exact) mass is 499 g/mol. The Hall–Kier alpha value is -3.21. The number of nitrogens with zero attached hydrogens (tertiary/aromatic N) is 3. The van der Waals surface area contributed by atoms with Gasteiger partial charge in [-0.1, -0.05) is 38.1 Å². The molecule has 1 amide bonds. The molecule has 1 aliphatic heterocycles. The van der Waals surface area contributed by atoms with Crippen molar-refractivity contribution < 1.29 is 15.0 Å². The number of carbonyl (C=O) groups is 1. The van der Waals surface area contributed by atoms with Gasteiger partial charge in [0.05, 0.1) is 30.4 Å². The summed E-state index contributed by atoms with van der Waals surface area (Å²) in [7, 11) is 0. The van der Waals surface area contributed by atoms with Gasteiger partial charge in [-0.2, -0.15) is 5.10 Å². The van der Waals surface area contributed by atoms with Gasteiger partial charge in [0.15, 0.2) is 0 Å². The molecule has 1 aliphatic rings. The molecular weight excluding hydrogens is 458 g/mol. The lowest BCUT2D eigenvalue weighted by Crippen LogP contribution is -2.53. The van der Waals surface area contributed by atoms with Crippen molar-refractivity contribution in [2.45, 2.75) is 64.9 Å². The lowest BCUT2D eigenvalue weighted by Gasteiger charge is -2.34. The van der Waals surface area contributed by atoms with Gasteiger partial charge < -0.3 is 32.8 Å². The quantitative estimate of drug-likeness (QED) is 0.115. The number of likely N-dealkylation sites (tertiary alicyclic amines) is 1. The molecule has 9 N–H and O–H groups in total. The van der Waals surface area contributed by atoms with Crippen molar-refractivity contribution in [2.24, 2.45) is 33.3 Å². The van der Waals surface area contributed by atoms with Crippen LogP contribution >= 0.6 is 0 Å². The second-order valence-corrected chi connectivity index (χ2v) is 9.39. The van der Waals surface area contributed by atoms with Gasteiger partial charge in [-0.05, 0) is 55.5 Å². The maximum Gasteiger partial charge on any atom is 0.238 e. The summed E-state index contributed by atoms with van der Waals surface area (Å²) >= 11 is 0. The molecule has 0 radical (unpaired) electrons. The third-order valence-corrected chi connectivity index (χ3v) is 6.53. The van der Waals surface area contributed by atoms with Crippen molar-refractivity contribution >= 4 is 23.4 Å². The fraction of sp³-hybridized carbons (Fsp3) is 0.500. The van der Waals surface area contributed by atoms with Gasteiger partial charge in [-0.3, -0.25) is 14.7 Å². The van der Waals surface area contributed by atoms with Gasteiger partial charge in [-0.15, -0.1) is 0 Å². The van der Waals surface area contributed by atoms with E-state index in [-0.39, 0.29) is 18.4 Å². The molecule has 1 heterocycles. The Bertz CT molecular complexity index is 986. The molecule has 36 heavy (non-hydrogen) atoms. The molecule has 0 aromatic heterocycles. The molecule has 1 unspecified atom stereocenters. The number of benzene rings is 1. The Kier molecular flexibility index (Phi) is 11.1. The van der Waals surface area contributed by atoms with Gasteiger partial charge in [0.1, 0.15) is 6.23 Å². The molecular formula is C26H41N7O3. The predicted molar refractivity (Wildman–Crippen MR) is 145 cm³/mol. The van der Waals surface area contributed by atoms with Crippen LogP contribution < -0.4 is 22.6 Å². The maximum atomic E-state index is 13.3. The number of aliphatic hydroxyl groups excluding tert-OH is 2. The van der Waals surface area contributed by atoms with Crippen LogP contribution in [-0.4, -0.2) is 64.4 Å². The minimum absolute atomic E-state index is 0.0278. The fourth-order valence-corrected chi connectivity index (χ4v) is 4.35. The van der Waals surface area contributed by atoms with E-state index >= 15 is 0 Å². The number of aliphatic hydroxyl groups is 2. The van der Waals surface area contributed by atoms with Gasteiger partial charge in [0.2, 0.25) is 5.91 Å². The second-order valence-electron chi connectivity index (χ2n) is 9.39. The standard InChI is InChI=1S/C26H41N7O3/c1-16(2)24(30-14-18(4)32-29)26(36)33-11-5-6-23(33)25(35)31-22(15-34)20-9-7-19(8-10-20)21(13-28)17(3)12-27/h7-10,12-14,16,22-24,26,34,36H,5-6,11,15,27-29H2,1-4H3,(H,31,35)/b17-12-,21-13+,30-14?,32-18?/t22-,23-,24-,26?/m0/s1. The summed E-state index contributed by atoms with van der Waals surface area (Å²) in [5, 5.41) is 27.7.